The maximum Gasteiger partial charge on any atom is 0.345 e. The molecule has 43 heavy (non-hydrogen) atoms. The highest BCUT2D eigenvalue weighted by Gasteiger charge is 2.17. The topological polar surface area (TPSA) is 97.4 Å². The Morgan fingerprint density at radius 3 is 2.21 bits per heavy atom. The van der Waals surface area contributed by atoms with Gasteiger partial charge >= 0.3 is 17.9 Å². The van der Waals surface area contributed by atoms with Crippen LogP contribution in [0.5, 0.6) is 23.0 Å². The van der Waals surface area contributed by atoms with Crippen LogP contribution in [0.4, 0.5) is 0 Å². The van der Waals surface area contributed by atoms with Gasteiger partial charge in [0.25, 0.3) is 0 Å². The summed E-state index contributed by atoms with van der Waals surface area (Å²) in [6, 6.07) is 16.4. The highest BCUT2D eigenvalue weighted by Crippen LogP contribution is 2.30. The maximum absolute atomic E-state index is 12.8. The van der Waals surface area contributed by atoms with Crippen molar-refractivity contribution in [3.8, 4) is 23.0 Å². The lowest BCUT2D eigenvalue weighted by Gasteiger charge is -2.12. The summed E-state index contributed by atoms with van der Waals surface area (Å²) in [6.07, 6.45) is 8.13. The van der Waals surface area contributed by atoms with E-state index < -0.39 is 17.9 Å². The molecular weight excluding hydrogens is 572 g/mol. The molecular formula is C34H37ClO8. The standard InChI is InChI=1S/C34H37ClO8/c1-4-6-7-8-11-24-12-15-26(16-13-24)42-34(38)28-18-17-27(23-29(28)35)43-33(37)25-14-19-30(31(22-25)39-3)40-20-9-10-21-41-32(36)5-2/h5,12-19,22-23H,2,4,6-11,20-21H2,1,3H3. The molecule has 0 unspecified atom stereocenters. The molecule has 0 saturated heterocycles. The Kier molecular flexibility index (Phi) is 13.6. The van der Waals surface area contributed by atoms with E-state index in [4.69, 9.17) is 35.3 Å². The van der Waals surface area contributed by atoms with Crippen molar-refractivity contribution in [1.29, 1.82) is 0 Å². The van der Waals surface area contributed by atoms with E-state index in [2.05, 4.69) is 13.5 Å². The summed E-state index contributed by atoms with van der Waals surface area (Å²) in [5.41, 5.74) is 1.57. The Bertz CT molecular complexity index is 1380. The van der Waals surface area contributed by atoms with Crippen LogP contribution in [0.3, 0.4) is 0 Å². The lowest BCUT2D eigenvalue weighted by Crippen LogP contribution is -2.11. The predicted octanol–water partition coefficient (Wildman–Crippen LogP) is 7.80. The van der Waals surface area contributed by atoms with Gasteiger partial charge < -0.3 is 23.7 Å². The smallest absolute Gasteiger partial charge is 0.345 e. The van der Waals surface area contributed by atoms with Crippen molar-refractivity contribution in [2.75, 3.05) is 20.3 Å². The molecule has 0 saturated carbocycles. The minimum absolute atomic E-state index is 0.0865. The number of hydrogen-bond acceptors (Lipinski definition) is 8. The van der Waals surface area contributed by atoms with Gasteiger partial charge in [0.2, 0.25) is 0 Å². The molecule has 0 heterocycles. The molecule has 0 aliphatic carbocycles. The average molecular weight is 609 g/mol. The van der Waals surface area contributed by atoms with E-state index in [0.717, 1.165) is 18.9 Å². The largest absolute Gasteiger partial charge is 0.493 e. The van der Waals surface area contributed by atoms with Gasteiger partial charge in [0.1, 0.15) is 11.5 Å². The molecule has 0 bridgehead atoms. The van der Waals surface area contributed by atoms with E-state index in [1.54, 1.807) is 24.3 Å². The zero-order valence-corrected chi connectivity index (χ0v) is 25.3. The fraction of sp³-hybridized carbons (Fsp3) is 0.324. The molecule has 0 aliphatic heterocycles. The second kappa shape index (κ2) is 17.6. The van der Waals surface area contributed by atoms with Crippen molar-refractivity contribution in [3.63, 3.8) is 0 Å². The molecule has 0 aromatic heterocycles. The summed E-state index contributed by atoms with van der Waals surface area (Å²) in [5, 5.41) is 0.0865. The van der Waals surface area contributed by atoms with Gasteiger partial charge in [-0.2, -0.15) is 0 Å². The van der Waals surface area contributed by atoms with Crippen LogP contribution in [-0.2, 0) is 16.0 Å². The SMILES string of the molecule is C=CC(=O)OCCCCOc1ccc(C(=O)Oc2ccc(C(=O)Oc3ccc(CCCCCC)cc3)c(Cl)c2)cc1OC. The van der Waals surface area contributed by atoms with E-state index in [-0.39, 0.29) is 28.5 Å². The van der Waals surface area contributed by atoms with Crippen molar-refractivity contribution in [2.45, 2.75) is 51.9 Å². The van der Waals surface area contributed by atoms with Gasteiger partial charge in [-0.15, -0.1) is 0 Å². The minimum Gasteiger partial charge on any atom is -0.493 e. The molecule has 0 atom stereocenters. The number of methoxy groups -OCH3 is 1. The van der Waals surface area contributed by atoms with Crippen LogP contribution in [0.1, 0.15) is 71.7 Å². The first-order chi connectivity index (χ1) is 20.8. The quantitative estimate of drug-likeness (QED) is 0.0663. The average Bonchev–Trinajstić information content (AvgIpc) is 3.01. The van der Waals surface area contributed by atoms with Gasteiger partial charge in [0.15, 0.2) is 11.5 Å². The first-order valence-corrected chi connectivity index (χ1v) is 14.6. The van der Waals surface area contributed by atoms with Gasteiger partial charge in [0, 0.05) is 12.1 Å². The number of aryl methyl sites for hydroxylation is 1. The number of benzene rings is 3. The molecule has 0 spiro atoms. The van der Waals surface area contributed by atoms with Crippen molar-refractivity contribution >= 4 is 29.5 Å². The molecule has 0 amide bonds. The Labute approximate surface area is 257 Å². The molecule has 228 valence electrons. The van der Waals surface area contributed by atoms with E-state index in [1.165, 1.54) is 56.2 Å². The van der Waals surface area contributed by atoms with Crippen LogP contribution in [0.15, 0.2) is 73.3 Å². The summed E-state index contributed by atoms with van der Waals surface area (Å²) in [7, 11) is 1.46. The first-order valence-electron chi connectivity index (χ1n) is 14.3. The van der Waals surface area contributed by atoms with Gasteiger partial charge in [-0.05, 0) is 73.7 Å². The second-order valence-electron chi connectivity index (χ2n) is 9.67. The van der Waals surface area contributed by atoms with Crippen LogP contribution in [-0.4, -0.2) is 38.2 Å². The molecule has 3 aromatic rings. The van der Waals surface area contributed by atoms with Gasteiger partial charge in [-0.1, -0.05) is 56.5 Å². The summed E-state index contributed by atoms with van der Waals surface area (Å²) >= 11 is 6.34. The molecule has 3 rings (SSSR count). The van der Waals surface area contributed by atoms with Crippen molar-refractivity contribution < 1.29 is 38.1 Å². The number of rotatable bonds is 17. The number of ether oxygens (including phenoxy) is 5. The minimum atomic E-state index is -0.643. The number of unbranched alkanes of at least 4 members (excludes halogenated alkanes) is 4. The number of hydrogen-bond donors (Lipinski definition) is 0. The number of esters is 3. The highest BCUT2D eigenvalue weighted by molar-refractivity contribution is 6.33. The summed E-state index contributed by atoms with van der Waals surface area (Å²) in [6.45, 7) is 6.17. The van der Waals surface area contributed by atoms with E-state index in [9.17, 15) is 14.4 Å². The normalized spacial score (nSPS) is 10.5. The van der Waals surface area contributed by atoms with Crippen molar-refractivity contribution in [1.82, 2.24) is 0 Å². The van der Waals surface area contributed by atoms with Crippen molar-refractivity contribution in [2.24, 2.45) is 0 Å². The monoisotopic (exact) mass is 608 g/mol. The summed E-state index contributed by atoms with van der Waals surface area (Å²) in [4.78, 5) is 36.6. The summed E-state index contributed by atoms with van der Waals surface area (Å²) < 4.78 is 27.0. The molecule has 3 aromatic carbocycles. The Morgan fingerprint density at radius 1 is 0.791 bits per heavy atom. The molecule has 0 aliphatic rings. The van der Waals surface area contributed by atoms with Crippen molar-refractivity contribution in [3.05, 3.63) is 95.0 Å². The third-order valence-corrected chi connectivity index (χ3v) is 6.74. The van der Waals surface area contributed by atoms with Crippen LogP contribution in [0.2, 0.25) is 5.02 Å². The fourth-order valence-corrected chi connectivity index (χ4v) is 4.31. The second-order valence-corrected chi connectivity index (χ2v) is 10.1. The zero-order chi connectivity index (χ0) is 31.0. The first kappa shape index (κ1) is 33.2. The van der Waals surface area contributed by atoms with Gasteiger partial charge in [-0.25, -0.2) is 14.4 Å². The molecule has 0 radical (unpaired) electrons. The number of carbonyl (C=O) groups excluding carboxylic acids is 3. The van der Waals surface area contributed by atoms with Crippen LogP contribution in [0.25, 0.3) is 0 Å². The molecule has 8 nitrogen and oxygen atoms in total. The van der Waals surface area contributed by atoms with E-state index in [1.807, 2.05) is 12.1 Å². The Balaban J connectivity index is 1.53. The highest BCUT2D eigenvalue weighted by atomic mass is 35.5. The predicted molar refractivity (Wildman–Crippen MR) is 165 cm³/mol. The molecule has 9 heteroatoms. The fourth-order valence-electron chi connectivity index (χ4n) is 4.06. The van der Waals surface area contributed by atoms with E-state index in [0.29, 0.717) is 36.7 Å². The van der Waals surface area contributed by atoms with Crippen LogP contribution >= 0.6 is 11.6 Å². The number of carbonyl (C=O) groups is 3. The molecule has 0 fully saturated rings. The lowest BCUT2D eigenvalue weighted by atomic mass is 10.1. The third-order valence-electron chi connectivity index (χ3n) is 6.43. The van der Waals surface area contributed by atoms with Crippen LogP contribution < -0.4 is 18.9 Å². The molecule has 0 N–H and O–H groups in total. The lowest BCUT2D eigenvalue weighted by molar-refractivity contribution is -0.137. The van der Waals surface area contributed by atoms with E-state index >= 15 is 0 Å². The van der Waals surface area contributed by atoms with Gasteiger partial charge in [-0.3, -0.25) is 0 Å². The maximum atomic E-state index is 12.8. The van der Waals surface area contributed by atoms with Crippen LogP contribution in [0, 0.1) is 0 Å². The Hall–Kier alpha value is -4.30. The van der Waals surface area contributed by atoms with Gasteiger partial charge in [0.05, 0.1) is 36.5 Å². The zero-order valence-electron chi connectivity index (χ0n) is 24.6. The number of halogens is 1. The Morgan fingerprint density at radius 2 is 1.51 bits per heavy atom. The third kappa shape index (κ3) is 10.8. The summed E-state index contributed by atoms with van der Waals surface area (Å²) in [5.74, 6) is -0.329.